The maximum absolute atomic E-state index is 12.8. The van der Waals surface area contributed by atoms with Gasteiger partial charge >= 0.3 is 5.97 Å². The van der Waals surface area contributed by atoms with E-state index in [2.05, 4.69) is 5.10 Å². The van der Waals surface area contributed by atoms with Crippen molar-refractivity contribution in [3.8, 4) is 5.75 Å². The summed E-state index contributed by atoms with van der Waals surface area (Å²) >= 11 is 0. The van der Waals surface area contributed by atoms with Crippen molar-refractivity contribution in [1.29, 1.82) is 0 Å². The van der Waals surface area contributed by atoms with Gasteiger partial charge in [-0.3, -0.25) is 19.7 Å². The number of carbonyl (C=O) groups excluding carboxylic acids is 3. The van der Waals surface area contributed by atoms with Gasteiger partial charge in [0.05, 0.1) is 28.5 Å². The number of amides is 2. The zero-order valence-corrected chi connectivity index (χ0v) is 17.6. The van der Waals surface area contributed by atoms with E-state index in [0.29, 0.717) is 5.56 Å². The molecular formula is C24H19N3O6. The summed E-state index contributed by atoms with van der Waals surface area (Å²) in [6.45, 7) is 1.89. The smallest absolute Gasteiger partial charge is 0.343 e. The van der Waals surface area contributed by atoms with Gasteiger partial charge in [-0.2, -0.15) is 10.1 Å². The minimum atomic E-state index is -0.649. The van der Waals surface area contributed by atoms with Gasteiger partial charge in [-0.15, -0.1) is 0 Å². The summed E-state index contributed by atoms with van der Waals surface area (Å²) in [7, 11) is 0. The average molecular weight is 445 g/mol. The maximum Gasteiger partial charge on any atom is 0.343 e. The lowest BCUT2D eigenvalue weighted by atomic mass is 9.85. The van der Waals surface area contributed by atoms with Gasteiger partial charge in [-0.1, -0.05) is 29.8 Å². The zero-order chi connectivity index (χ0) is 23.3. The molecule has 1 saturated carbocycles. The highest BCUT2D eigenvalue weighted by Gasteiger charge is 2.59. The zero-order valence-electron chi connectivity index (χ0n) is 17.6. The predicted octanol–water partition coefficient (Wildman–Crippen LogP) is 3.26. The highest BCUT2D eigenvalue weighted by molar-refractivity contribution is 6.07. The molecule has 2 aliphatic carbocycles. The van der Waals surface area contributed by atoms with Gasteiger partial charge in [0.15, 0.2) is 0 Å². The number of imide groups is 1. The fourth-order valence-electron chi connectivity index (χ4n) is 4.81. The molecule has 0 radical (unpaired) electrons. The molecule has 0 aromatic heterocycles. The molecule has 2 bridgehead atoms. The Hall–Kier alpha value is -4.14. The Kier molecular flexibility index (Phi) is 4.88. The van der Waals surface area contributed by atoms with E-state index in [1.165, 1.54) is 18.2 Å². The number of nitro groups is 1. The third-order valence-electron chi connectivity index (χ3n) is 6.45. The number of rotatable bonds is 5. The average Bonchev–Trinajstić information content (AvgIpc) is 3.47. The molecule has 2 amide bonds. The number of carbonyl (C=O) groups is 3. The second kappa shape index (κ2) is 7.77. The van der Waals surface area contributed by atoms with Crippen LogP contribution in [-0.2, 0) is 9.59 Å². The van der Waals surface area contributed by atoms with Gasteiger partial charge < -0.3 is 4.74 Å². The molecule has 4 atom stereocenters. The van der Waals surface area contributed by atoms with Crippen LogP contribution in [0.1, 0.15) is 27.9 Å². The molecule has 3 aliphatic rings. The predicted molar refractivity (Wildman–Crippen MR) is 116 cm³/mol. The van der Waals surface area contributed by atoms with Crippen LogP contribution in [0.5, 0.6) is 5.75 Å². The molecule has 2 aromatic carbocycles. The number of esters is 1. The van der Waals surface area contributed by atoms with E-state index < -0.39 is 22.7 Å². The quantitative estimate of drug-likeness (QED) is 0.133. The number of fused-ring (bicyclic) bond motifs is 5. The lowest BCUT2D eigenvalue weighted by Gasteiger charge is -2.13. The molecule has 166 valence electrons. The van der Waals surface area contributed by atoms with E-state index in [4.69, 9.17) is 4.74 Å². The Balaban J connectivity index is 1.42. The molecule has 0 spiro atoms. The van der Waals surface area contributed by atoms with Crippen molar-refractivity contribution >= 4 is 29.7 Å². The van der Waals surface area contributed by atoms with Gasteiger partial charge in [0, 0.05) is 17.7 Å². The van der Waals surface area contributed by atoms with Crippen molar-refractivity contribution in [3.05, 3.63) is 81.4 Å². The molecule has 5 rings (SSSR count). The van der Waals surface area contributed by atoms with Crippen LogP contribution in [0.2, 0.25) is 0 Å². The normalized spacial score (nSPS) is 25.2. The van der Waals surface area contributed by atoms with Crippen molar-refractivity contribution in [2.75, 3.05) is 0 Å². The van der Waals surface area contributed by atoms with Gasteiger partial charge in [-0.25, -0.2) is 4.79 Å². The molecule has 1 heterocycles. The Bertz CT molecular complexity index is 1220. The highest BCUT2D eigenvalue weighted by Crippen LogP contribution is 2.52. The Morgan fingerprint density at radius 3 is 2.33 bits per heavy atom. The molecule has 1 aliphatic heterocycles. The molecule has 9 heteroatoms. The summed E-state index contributed by atoms with van der Waals surface area (Å²) in [4.78, 5) is 48.8. The number of non-ortho nitro benzene ring substituents is 1. The Morgan fingerprint density at radius 1 is 1.09 bits per heavy atom. The summed E-state index contributed by atoms with van der Waals surface area (Å²) < 4.78 is 5.44. The molecule has 4 unspecified atom stereocenters. The first-order valence-electron chi connectivity index (χ1n) is 10.5. The van der Waals surface area contributed by atoms with Crippen LogP contribution in [-0.4, -0.2) is 33.9 Å². The van der Waals surface area contributed by atoms with Gasteiger partial charge in [-0.05, 0) is 43.4 Å². The van der Waals surface area contributed by atoms with E-state index in [0.717, 1.165) is 23.2 Å². The van der Waals surface area contributed by atoms with Crippen LogP contribution in [0, 0.1) is 40.7 Å². The number of benzene rings is 2. The van der Waals surface area contributed by atoms with E-state index in [9.17, 15) is 24.5 Å². The number of hydrogen-bond donors (Lipinski definition) is 0. The molecule has 1 saturated heterocycles. The number of hydrogen-bond acceptors (Lipinski definition) is 7. The fraction of sp³-hybridized carbons (Fsp3) is 0.250. The van der Waals surface area contributed by atoms with Gasteiger partial charge in [0.1, 0.15) is 5.75 Å². The summed E-state index contributed by atoms with van der Waals surface area (Å²) in [5.74, 6) is -2.11. The topological polar surface area (TPSA) is 119 Å². The lowest BCUT2D eigenvalue weighted by Crippen LogP contribution is -2.28. The number of ether oxygens (including phenoxy) is 1. The first kappa shape index (κ1) is 20.7. The van der Waals surface area contributed by atoms with E-state index in [-0.39, 0.29) is 40.7 Å². The van der Waals surface area contributed by atoms with Gasteiger partial charge in [0.2, 0.25) is 0 Å². The highest BCUT2D eigenvalue weighted by atomic mass is 16.6. The molecular weight excluding hydrogens is 426 g/mol. The standard InChI is InChI=1S/C24H19N3O6/c1-13-2-4-14(5-3-13)24(30)33-19-9-8-18(27(31)32)11-17(19)12-25-26-22(28)20-15-6-7-16(10-15)21(20)23(26)29/h2-9,11-12,15-16,20-21H,10H2,1H3. The molecule has 2 aromatic rings. The van der Waals surface area contributed by atoms with Crippen molar-refractivity contribution in [2.24, 2.45) is 28.8 Å². The lowest BCUT2D eigenvalue weighted by molar-refractivity contribution is -0.384. The van der Waals surface area contributed by atoms with Crippen LogP contribution < -0.4 is 4.74 Å². The monoisotopic (exact) mass is 445 g/mol. The Labute approximate surface area is 188 Å². The first-order chi connectivity index (χ1) is 15.8. The van der Waals surface area contributed by atoms with E-state index in [1.807, 2.05) is 19.1 Å². The summed E-state index contributed by atoms with van der Waals surface area (Å²) in [5, 5.41) is 16.1. The van der Waals surface area contributed by atoms with Crippen LogP contribution in [0.25, 0.3) is 0 Å². The summed E-state index contributed by atoms with van der Waals surface area (Å²) in [5.41, 5.74) is 1.14. The fourth-order valence-corrected chi connectivity index (χ4v) is 4.81. The van der Waals surface area contributed by atoms with Crippen LogP contribution in [0.15, 0.2) is 59.7 Å². The minimum Gasteiger partial charge on any atom is -0.422 e. The number of aryl methyl sites for hydroxylation is 1. The van der Waals surface area contributed by atoms with Crippen LogP contribution >= 0.6 is 0 Å². The number of nitro benzene ring substituents is 1. The molecule has 33 heavy (non-hydrogen) atoms. The van der Waals surface area contributed by atoms with Crippen molar-refractivity contribution < 1.29 is 24.0 Å². The number of hydrazone groups is 1. The maximum atomic E-state index is 12.8. The molecule has 9 nitrogen and oxygen atoms in total. The third kappa shape index (κ3) is 3.51. The Morgan fingerprint density at radius 2 is 1.73 bits per heavy atom. The van der Waals surface area contributed by atoms with E-state index in [1.54, 1.807) is 24.3 Å². The van der Waals surface area contributed by atoms with Crippen molar-refractivity contribution in [3.63, 3.8) is 0 Å². The second-order valence-electron chi connectivity index (χ2n) is 8.47. The van der Waals surface area contributed by atoms with Crippen LogP contribution in [0.4, 0.5) is 5.69 Å². The van der Waals surface area contributed by atoms with Crippen LogP contribution in [0.3, 0.4) is 0 Å². The summed E-state index contributed by atoms with van der Waals surface area (Å²) in [6.07, 6.45) is 5.91. The van der Waals surface area contributed by atoms with Gasteiger partial charge in [0.25, 0.3) is 17.5 Å². The largest absolute Gasteiger partial charge is 0.422 e. The SMILES string of the molecule is Cc1ccc(C(=O)Oc2ccc([N+](=O)[O-])cc2C=NN2C(=O)C3C4C=CC(C4)C3C2=O)cc1. The molecule has 0 N–H and O–H groups in total. The molecule has 2 fully saturated rings. The van der Waals surface area contributed by atoms with Crippen molar-refractivity contribution in [1.82, 2.24) is 5.01 Å². The third-order valence-corrected chi connectivity index (χ3v) is 6.45. The minimum absolute atomic E-state index is 0.0240. The number of nitrogens with zero attached hydrogens (tertiary/aromatic N) is 3. The number of allylic oxidation sites excluding steroid dienone is 2. The summed E-state index contributed by atoms with van der Waals surface area (Å²) in [6, 6.07) is 10.4. The van der Waals surface area contributed by atoms with E-state index >= 15 is 0 Å². The second-order valence-corrected chi connectivity index (χ2v) is 8.47. The van der Waals surface area contributed by atoms with Crippen molar-refractivity contribution in [2.45, 2.75) is 13.3 Å². The first-order valence-corrected chi connectivity index (χ1v) is 10.5.